The van der Waals surface area contributed by atoms with Gasteiger partial charge in [-0.3, -0.25) is 9.36 Å². The molecule has 0 unspecified atom stereocenters. The summed E-state index contributed by atoms with van der Waals surface area (Å²) in [5.41, 5.74) is 7.27. The van der Waals surface area contributed by atoms with Crippen LogP contribution in [0.5, 0.6) is 0 Å². The molecule has 21 heavy (non-hydrogen) atoms. The summed E-state index contributed by atoms with van der Waals surface area (Å²) in [4.78, 5) is 37.3. The molecule has 0 spiro atoms. The lowest BCUT2D eigenvalue weighted by molar-refractivity contribution is -0.136. The standard InChI is InChI=1S/C12H14N3O5P/c13-7-2-1-3-9-12(7)15-10(6-21(18,19)20)8(14-9)4-5-11(16)17/h1-3H,4-6,13H2,(H,16,17)(H2,18,19,20). The fourth-order valence-corrected chi connectivity index (χ4v) is 2.56. The Labute approximate surface area is 119 Å². The third kappa shape index (κ3) is 3.98. The van der Waals surface area contributed by atoms with E-state index >= 15 is 0 Å². The molecule has 112 valence electrons. The first kappa shape index (κ1) is 15.4. The number of nitrogens with two attached hydrogens (primary N) is 1. The number of fused-ring (bicyclic) bond motifs is 1. The number of hydrogen-bond acceptors (Lipinski definition) is 5. The summed E-state index contributed by atoms with van der Waals surface area (Å²) in [6.07, 6.45) is -0.752. The molecule has 0 saturated carbocycles. The van der Waals surface area contributed by atoms with E-state index in [-0.39, 0.29) is 24.2 Å². The summed E-state index contributed by atoms with van der Waals surface area (Å²) in [5.74, 6) is -1.02. The molecule has 0 bridgehead atoms. The molecule has 0 aliphatic heterocycles. The van der Waals surface area contributed by atoms with Gasteiger partial charge in [-0.1, -0.05) is 6.07 Å². The van der Waals surface area contributed by atoms with Gasteiger partial charge in [-0.2, -0.15) is 0 Å². The summed E-state index contributed by atoms with van der Waals surface area (Å²) in [6, 6.07) is 4.94. The van der Waals surface area contributed by atoms with Crippen LogP contribution in [0.3, 0.4) is 0 Å². The van der Waals surface area contributed by atoms with Gasteiger partial charge in [-0.15, -0.1) is 0 Å². The average Bonchev–Trinajstić information content (AvgIpc) is 2.35. The second kappa shape index (κ2) is 5.77. The molecular formula is C12H14N3O5P. The smallest absolute Gasteiger partial charge is 0.331 e. The van der Waals surface area contributed by atoms with Crippen molar-refractivity contribution in [3.63, 3.8) is 0 Å². The monoisotopic (exact) mass is 311 g/mol. The highest BCUT2D eigenvalue weighted by Gasteiger charge is 2.20. The Kier molecular flexibility index (Phi) is 4.22. The zero-order valence-corrected chi connectivity index (χ0v) is 11.8. The molecule has 1 heterocycles. The lowest BCUT2D eigenvalue weighted by Crippen LogP contribution is -2.07. The number of carboxylic acids is 1. The predicted octanol–water partition coefficient (Wildman–Crippen LogP) is 0.907. The Morgan fingerprint density at radius 1 is 1.24 bits per heavy atom. The van der Waals surface area contributed by atoms with E-state index in [4.69, 9.17) is 20.6 Å². The minimum atomic E-state index is -4.35. The van der Waals surface area contributed by atoms with Crippen molar-refractivity contribution in [2.45, 2.75) is 19.0 Å². The molecular weight excluding hydrogens is 297 g/mol. The van der Waals surface area contributed by atoms with E-state index in [0.29, 0.717) is 16.7 Å². The van der Waals surface area contributed by atoms with E-state index < -0.39 is 19.7 Å². The minimum absolute atomic E-state index is 0.0441. The van der Waals surface area contributed by atoms with Crippen molar-refractivity contribution in [3.05, 3.63) is 29.6 Å². The van der Waals surface area contributed by atoms with Gasteiger partial charge in [-0.05, 0) is 12.1 Å². The normalized spacial score (nSPS) is 11.7. The number of benzene rings is 1. The Morgan fingerprint density at radius 3 is 2.57 bits per heavy atom. The first-order chi connectivity index (χ1) is 9.76. The average molecular weight is 311 g/mol. The zero-order chi connectivity index (χ0) is 15.6. The van der Waals surface area contributed by atoms with Gasteiger partial charge in [0, 0.05) is 6.42 Å². The van der Waals surface area contributed by atoms with Crippen molar-refractivity contribution >= 4 is 30.3 Å². The van der Waals surface area contributed by atoms with Gasteiger partial charge in [0.2, 0.25) is 0 Å². The SMILES string of the molecule is Nc1cccc2nc(CCC(=O)O)c(CP(=O)(O)O)nc12. The number of aryl methyl sites for hydroxylation is 1. The minimum Gasteiger partial charge on any atom is -0.481 e. The van der Waals surface area contributed by atoms with Crippen molar-refractivity contribution in [1.29, 1.82) is 0 Å². The van der Waals surface area contributed by atoms with Crippen LogP contribution in [0.15, 0.2) is 18.2 Å². The molecule has 0 atom stereocenters. The van der Waals surface area contributed by atoms with Crippen molar-refractivity contribution in [2.75, 3.05) is 5.73 Å². The second-order valence-corrected chi connectivity index (χ2v) is 6.19. The van der Waals surface area contributed by atoms with Gasteiger partial charge >= 0.3 is 13.6 Å². The topological polar surface area (TPSA) is 147 Å². The molecule has 8 nitrogen and oxygen atoms in total. The number of aromatic nitrogens is 2. The molecule has 9 heteroatoms. The van der Waals surface area contributed by atoms with Gasteiger partial charge < -0.3 is 20.6 Å². The summed E-state index contributed by atoms with van der Waals surface area (Å²) in [7, 11) is -4.35. The Hall–Kier alpha value is -2.02. The first-order valence-corrected chi connectivity index (χ1v) is 7.86. The van der Waals surface area contributed by atoms with Crippen LogP contribution in [0, 0.1) is 0 Å². The Balaban J connectivity index is 2.54. The lowest BCUT2D eigenvalue weighted by Gasteiger charge is -2.11. The second-order valence-electron chi connectivity index (χ2n) is 4.55. The van der Waals surface area contributed by atoms with Gasteiger partial charge in [0.05, 0.1) is 35.2 Å². The quantitative estimate of drug-likeness (QED) is 0.470. The third-order valence-electron chi connectivity index (χ3n) is 2.81. The van der Waals surface area contributed by atoms with E-state index in [1.807, 2.05) is 0 Å². The molecule has 0 radical (unpaired) electrons. The van der Waals surface area contributed by atoms with Crippen LogP contribution < -0.4 is 5.73 Å². The van der Waals surface area contributed by atoms with Crippen molar-refractivity contribution in [2.24, 2.45) is 0 Å². The van der Waals surface area contributed by atoms with E-state index in [9.17, 15) is 9.36 Å². The number of para-hydroxylation sites is 1. The van der Waals surface area contributed by atoms with Crippen LogP contribution in [0.1, 0.15) is 17.8 Å². The molecule has 5 N–H and O–H groups in total. The van der Waals surface area contributed by atoms with E-state index in [1.54, 1.807) is 18.2 Å². The molecule has 0 amide bonds. The maximum Gasteiger partial charge on any atom is 0.331 e. The number of nitrogens with zero attached hydrogens (tertiary/aromatic N) is 2. The molecule has 0 aliphatic carbocycles. The number of carbonyl (C=O) groups is 1. The van der Waals surface area contributed by atoms with Crippen molar-refractivity contribution in [3.8, 4) is 0 Å². The van der Waals surface area contributed by atoms with Crippen LogP contribution in [-0.4, -0.2) is 30.8 Å². The van der Waals surface area contributed by atoms with Gasteiger partial charge in [0.25, 0.3) is 0 Å². The largest absolute Gasteiger partial charge is 0.481 e. The molecule has 2 aromatic rings. The fourth-order valence-electron chi connectivity index (χ4n) is 1.92. The lowest BCUT2D eigenvalue weighted by atomic mass is 10.1. The van der Waals surface area contributed by atoms with Crippen LogP contribution in [0.25, 0.3) is 11.0 Å². The Bertz CT molecular complexity index is 743. The summed E-state index contributed by atoms with van der Waals surface area (Å²) >= 11 is 0. The molecule has 1 aromatic heterocycles. The summed E-state index contributed by atoms with van der Waals surface area (Å²) in [6.45, 7) is 0. The fraction of sp³-hybridized carbons (Fsp3) is 0.250. The van der Waals surface area contributed by atoms with Gasteiger partial charge in [0.15, 0.2) is 0 Å². The van der Waals surface area contributed by atoms with Crippen LogP contribution in [-0.2, 0) is 21.9 Å². The number of carboxylic acid groups (broad SMARTS) is 1. The number of aliphatic carboxylic acids is 1. The van der Waals surface area contributed by atoms with E-state index in [0.717, 1.165) is 0 Å². The van der Waals surface area contributed by atoms with Crippen molar-refractivity contribution in [1.82, 2.24) is 9.97 Å². The van der Waals surface area contributed by atoms with Crippen molar-refractivity contribution < 1.29 is 24.3 Å². The molecule has 0 aliphatic rings. The molecule has 0 saturated heterocycles. The maximum atomic E-state index is 11.2. The highest BCUT2D eigenvalue weighted by molar-refractivity contribution is 7.50. The van der Waals surface area contributed by atoms with Gasteiger partial charge in [-0.25, -0.2) is 9.97 Å². The molecule has 0 fully saturated rings. The van der Waals surface area contributed by atoms with Crippen LogP contribution in [0.4, 0.5) is 5.69 Å². The van der Waals surface area contributed by atoms with E-state index in [1.165, 1.54) is 0 Å². The van der Waals surface area contributed by atoms with Crippen LogP contribution >= 0.6 is 7.60 Å². The highest BCUT2D eigenvalue weighted by atomic mass is 31.2. The predicted molar refractivity (Wildman–Crippen MR) is 75.7 cm³/mol. The number of nitrogen functional groups attached to an aromatic ring is 1. The number of rotatable bonds is 5. The summed E-state index contributed by atoms with van der Waals surface area (Å²) < 4.78 is 11.2. The highest BCUT2D eigenvalue weighted by Crippen LogP contribution is 2.39. The first-order valence-electron chi connectivity index (χ1n) is 6.06. The summed E-state index contributed by atoms with van der Waals surface area (Å²) in [5, 5.41) is 8.73. The molecule has 2 rings (SSSR count). The number of hydrogen-bond donors (Lipinski definition) is 4. The zero-order valence-electron chi connectivity index (χ0n) is 10.9. The third-order valence-corrected chi connectivity index (χ3v) is 3.52. The Morgan fingerprint density at radius 2 is 1.95 bits per heavy atom. The van der Waals surface area contributed by atoms with Gasteiger partial charge in [0.1, 0.15) is 5.52 Å². The van der Waals surface area contributed by atoms with E-state index in [2.05, 4.69) is 9.97 Å². The molecule has 1 aromatic carbocycles. The maximum absolute atomic E-state index is 11.2. The van der Waals surface area contributed by atoms with Crippen LogP contribution in [0.2, 0.25) is 0 Å². The number of anilines is 1.